The highest BCUT2D eigenvalue weighted by atomic mass is 32.2. The lowest BCUT2D eigenvalue weighted by atomic mass is 10.2. The molecule has 0 amide bonds. The molecule has 1 aromatic carbocycles. The molecule has 172 valence electrons. The average Bonchev–Trinajstić information content (AvgIpc) is 2.74. The van der Waals surface area contributed by atoms with Crippen molar-refractivity contribution in [1.82, 2.24) is 9.55 Å². The van der Waals surface area contributed by atoms with Gasteiger partial charge in [0.25, 0.3) is 27.9 Å². The number of alkyl halides is 3. The smallest absolute Gasteiger partial charge is 0.272 e. The SMILES string of the molecule is COc1nc(OCC(F)F)c(F)cc1NS(=O)(=O)c1cccc2c(=O)n(CCF)ccc12. The van der Waals surface area contributed by atoms with Gasteiger partial charge in [-0.2, -0.15) is 4.98 Å². The molecule has 3 rings (SSSR count). The van der Waals surface area contributed by atoms with E-state index in [0.29, 0.717) is 6.07 Å². The minimum atomic E-state index is -4.39. The van der Waals surface area contributed by atoms with Gasteiger partial charge in [0.15, 0.2) is 12.4 Å². The highest BCUT2D eigenvalue weighted by Crippen LogP contribution is 2.31. The van der Waals surface area contributed by atoms with Crippen molar-refractivity contribution < 1.29 is 35.5 Å². The molecule has 3 aromatic rings. The number of fused-ring (bicyclic) bond motifs is 1. The minimum Gasteiger partial charge on any atom is -0.479 e. The zero-order valence-electron chi connectivity index (χ0n) is 16.5. The van der Waals surface area contributed by atoms with E-state index in [1.807, 2.05) is 0 Å². The summed E-state index contributed by atoms with van der Waals surface area (Å²) in [5, 5.41) is 0.0974. The molecule has 0 aliphatic carbocycles. The van der Waals surface area contributed by atoms with Gasteiger partial charge in [-0.15, -0.1) is 0 Å². The largest absolute Gasteiger partial charge is 0.479 e. The Morgan fingerprint density at radius 2 is 1.94 bits per heavy atom. The number of anilines is 1. The Balaban J connectivity index is 2.03. The topological polar surface area (TPSA) is 99.5 Å². The van der Waals surface area contributed by atoms with Crippen molar-refractivity contribution in [2.75, 3.05) is 25.1 Å². The molecule has 0 unspecified atom stereocenters. The predicted octanol–water partition coefficient (Wildman–Crippen LogP) is 2.96. The number of aromatic nitrogens is 2. The molecule has 0 saturated carbocycles. The van der Waals surface area contributed by atoms with E-state index < -0.39 is 58.6 Å². The molecule has 13 heteroatoms. The summed E-state index contributed by atoms with van der Waals surface area (Å²) in [6, 6.07) is 5.96. The van der Waals surface area contributed by atoms with Crippen molar-refractivity contribution in [1.29, 1.82) is 0 Å². The maximum atomic E-state index is 14.2. The first-order valence-electron chi connectivity index (χ1n) is 9.04. The van der Waals surface area contributed by atoms with Crippen LogP contribution in [-0.2, 0) is 16.6 Å². The van der Waals surface area contributed by atoms with Crippen LogP contribution in [-0.4, -0.2) is 44.8 Å². The molecule has 1 N–H and O–H groups in total. The van der Waals surface area contributed by atoms with E-state index in [2.05, 4.69) is 14.4 Å². The molecule has 0 aliphatic rings. The van der Waals surface area contributed by atoms with E-state index in [1.54, 1.807) is 0 Å². The molecule has 0 fully saturated rings. The molecule has 2 heterocycles. The third kappa shape index (κ3) is 4.77. The monoisotopic (exact) mass is 475 g/mol. The third-order valence-corrected chi connectivity index (χ3v) is 5.71. The van der Waals surface area contributed by atoms with Crippen LogP contribution >= 0.6 is 0 Å². The number of nitrogens with zero attached hydrogens (tertiary/aromatic N) is 2. The number of pyridine rings is 2. The Bertz CT molecular complexity index is 1300. The van der Waals surface area contributed by atoms with Crippen molar-refractivity contribution in [2.45, 2.75) is 17.9 Å². The van der Waals surface area contributed by atoms with Crippen LogP contribution in [0.25, 0.3) is 10.8 Å². The second kappa shape index (κ2) is 9.42. The van der Waals surface area contributed by atoms with Crippen LogP contribution in [0, 0.1) is 5.82 Å². The first kappa shape index (κ1) is 23.3. The van der Waals surface area contributed by atoms with Crippen molar-refractivity contribution in [3.63, 3.8) is 0 Å². The maximum Gasteiger partial charge on any atom is 0.272 e. The summed E-state index contributed by atoms with van der Waals surface area (Å²) in [6.45, 7) is -2.08. The Hall–Kier alpha value is -3.35. The standard InChI is InChI=1S/C19H17F4N3O5S/c1-30-18-14(9-13(21)17(24-18)31-10-16(22)23)25-32(28,29)15-4-2-3-12-11(15)5-7-26(8-6-20)19(12)27/h2-5,7,9,16,25H,6,8,10H2,1H3. The first-order chi connectivity index (χ1) is 15.2. The molecule has 0 bridgehead atoms. The zero-order chi connectivity index (χ0) is 23.5. The Morgan fingerprint density at radius 1 is 1.19 bits per heavy atom. The molecule has 0 radical (unpaired) electrons. The van der Waals surface area contributed by atoms with Gasteiger partial charge >= 0.3 is 0 Å². The number of hydrogen-bond donors (Lipinski definition) is 1. The molecule has 32 heavy (non-hydrogen) atoms. The zero-order valence-corrected chi connectivity index (χ0v) is 17.3. The van der Waals surface area contributed by atoms with E-state index in [4.69, 9.17) is 4.74 Å². The Labute approximate surface area is 179 Å². The summed E-state index contributed by atoms with van der Waals surface area (Å²) in [5.74, 6) is -2.41. The Kier molecular flexibility index (Phi) is 6.87. The molecule has 2 aromatic heterocycles. The number of methoxy groups -OCH3 is 1. The van der Waals surface area contributed by atoms with Gasteiger partial charge in [-0.25, -0.2) is 26.0 Å². The second-order valence-corrected chi connectivity index (χ2v) is 8.01. The number of sulfonamides is 1. The first-order valence-corrected chi connectivity index (χ1v) is 10.5. The second-order valence-electron chi connectivity index (χ2n) is 6.36. The molecule has 0 saturated heterocycles. The predicted molar refractivity (Wildman–Crippen MR) is 107 cm³/mol. The van der Waals surface area contributed by atoms with Gasteiger partial charge in [0, 0.05) is 23.0 Å². The molecule has 0 atom stereocenters. The highest BCUT2D eigenvalue weighted by Gasteiger charge is 2.23. The Morgan fingerprint density at radius 3 is 2.59 bits per heavy atom. The van der Waals surface area contributed by atoms with E-state index in [1.165, 1.54) is 30.5 Å². The van der Waals surface area contributed by atoms with Crippen LogP contribution in [0.15, 0.2) is 46.2 Å². The fourth-order valence-electron chi connectivity index (χ4n) is 2.92. The number of aryl methyl sites for hydroxylation is 1. The normalized spacial score (nSPS) is 11.7. The van der Waals surface area contributed by atoms with Gasteiger partial charge < -0.3 is 14.0 Å². The van der Waals surface area contributed by atoms with Gasteiger partial charge in [-0.05, 0) is 18.2 Å². The number of nitrogens with one attached hydrogen (secondary N) is 1. The van der Waals surface area contributed by atoms with Crippen LogP contribution in [0.4, 0.5) is 23.2 Å². The van der Waals surface area contributed by atoms with Crippen LogP contribution in [0.1, 0.15) is 0 Å². The average molecular weight is 475 g/mol. The summed E-state index contributed by atoms with van der Waals surface area (Å²) >= 11 is 0. The maximum absolute atomic E-state index is 14.2. The number of halogens is 4. The lowest BCUT2D eigenvalue weighted by Gasteiger charge is -2.15. The number of ether oxygens (including phenoxy) is 2. The summed E-state index contributed by atoms with van der Waals surface area (Å²) in [4.78, 5) is 15.8. The van der Waals surface area contributed by atoms with Crippen molar-refractivity contribution >= 4 is 26.5 Å². The number of hydrogen-bond acceptors (Lipinski definition) is 6. The van der Waals surface area contributed by atoms with E-state index in [9.17, 15) is 30.8 Å². The molecule has 0 spiro atoms. The third-order valence-electron chi connectivity index (χ3n) is 4.29. The lowest BCUT2D eigenvalue weighted by molar-refractivity contribution is 0.0770. The highest BCUT2D eigenvalue weighted by molar-refractivity contribution is 7.93. The van der Waals surface area contributed by atoms with E-state index in [-0.39, 0.29) is 22.2 Å². The van der Waals surface area contributed by atoms with Crippen LogP contribution in [0.2, 0.25) is 0 Å². The number of rotatable bonds is 9. The van der Waals surface area contributed by atoms with Crippen LogP contribution < -0.4 is 19.8 Å². The fraction of sp³-hybridized carbons (Fsp3) is 0.263. The quantitative estimate of drug-likeness (QED) is 0.478. The molecule has 8 nitrogen and oxygen atoms in total. The summed E-state index contributed by atoms with van der Waals surface area (Å²) in [5.41, 5.74) is -1.000. The van der Waals surface area contributed by atoms with Gasteiger partial charge in [0.05, 0.1) is 18.6 Å². The van der Waals surface area contributed by atoms with Crippen LogP contribution in [0.3, 0.4) is 0 Å². The lowest BCUT2D eigenvalue weighted by Crippen LogP contribution is -2.21. The summed E-state index contributed by atoms with van der Waals surface area (Å²) in [6.07, 6.45) is -1.61. The van der Waals surface area contributed by atoms with Gasteiger partial charge in [0.2, 0.25) is 5.88 Å². The summed E-state index contributed by atoms with van der Waals surface area (Å²) < 4.78 is 90.2. The van der Waals surface area contributed by atoms with Crippen molar-refractivity contribution in [2.24, 2.45) is 0 Å². The molecule has 0 aliphatic heterocycles. The summed E-state index contributed by atoms with van der Waals surface area (Å²) in [7, 11) is -3.28. The van der Waals surface area contributed by atoms with E-state index >= 15 is 0 Å². The molecular weight excluding hydrogens is 458 g/mol. The van der Waals surface area contributed by atoms with Gasteiger partial charge in [-0.1, -0.05) is 6.07 Å². The van der Waals surface area contributed by atoms with Gasteiger partial charge in [0.1, 0.15) is 12.4 Å². The van der Waals surface area contributed by atoms with Crippen molar-refractivity contribution in [3.8, 4) is 11.8 Å². The van der Waals surface area contributed by atoms with Crippen molar-refractivity contribution in [3.05, 3.63) is 52.7 Å². The number of benzene rings is 1. The van der Waals surface area contributed by atoms with Crippen LogP contribution in [0.5, 0.6) is 11.8 Å². The fourth-order valence-corrected chi connectivity index (χ4v) is 4.19. The van der Waals surface area contributed by atoms with E-state index in [0.717, 1.165) is 11.7 Å². The molecular formula is C19H17F4N3O5S. The van der Waals surface area contributed by atoms with Gasteiger partial charge in [-0.3, -0.25) is 9.52 Å². The minimum absolute atomic E-state index is 0.0378.